The van der Waals surface area contributed by atoms with Crippen molar-refractivity contribution in [2.24, 2.45) is 11.1 Å². The number of aliphatic hydroxyl groups is 1. The lowest BCUT2D eigenvalue weighted by Crippen LogP contribution is -2.41. The molecule has 68 valence electrons. The number of nitrogens with two attached hydrogens (primary N) is 1. The maximum atomic E-state index is 9.39. The predicted molar refractivity (Wildman–Crippen MR) is 48.3 cm³/mol. The van der Waals surface area contributed by atoms with Crippen LogP contribution in [0.1, 0.15) is 41.0 Å². The van der Waals surface area contributed by atoms with Crippen LogP contribution in [0.5, 0.6) is 0 Å². The molecule has 0 rings (SSSR count). The summed E-state index contributed by atoms with van der Waals surface area (Å²) in [5, 5.41) is 9.39. The topological polar surface area (TPSA) is 46.2 Å². The first-order valence-electron chi connectivity index (χ1n) is 4.12. The molecule has 0 aliphatic carbocycles. The number of hydrogen-bond donors (Lipinski definition) is 2. The molecule has 0 aromatic heterocycles. The molecule has 0 radical (unpaired) electrons. The van der Waals surface area contributed by atoms with Gasteiger partial charge in [0.2, 0.25) is 0 Å². The SMILES string of the molecule is CC(O)C(C)(C)CC(C)(C)N. The minimum Gasteiger partial charge on any atom is -0.393 e. The Kier molecular flexibility index (Phi) is 3.09. The van der Waals surface area contributed by atoms with Crippen LogP contribution in [0.3, 0.4) is 0 Å². The highest BCUT2D eigenvalue weighted by Gasteiger charge is 2.29. The third kappa shape index (κ3) is 4.38. The Balaban J connectivity index is 4.13. The first-order valence-corrected chi connectivity index (χ1v) is 4.12. The molecule has 0 fully saturated rings. The molecule has 0 aliphatic heterocycles. The van der Waals surface area contributed by atoms with Crippen molar-refractivity contribution in [3.8, 4) is 0 Å². The van der Waals surface area contributed by atoms with Crippen LogP contribution in [-0.4, -0.2) is 16.7 Å². The maximum absolute atomic E-state index is 9.39. The van der Waals surface area contributed by atoms with Crippen molar-refractivity contribution in [3.05, 3.63) is 0 Å². The fraction of sp³-hybridized carbons (Fsp3) is 1.00. The molecular formula is C9H21NO. The van der Waals surface area contributed by atoms with Gasteiger partial charge in [0.15, 0.2) is 0 Å². The van der Waals surface area contributed by atoms with Crippen LogP contribution in [0.4, 0.5) is 0 Å². The van der Waals surface area contributed by atoms with Crippen molar-refractivity contribution in [1.29, 1.82) is 0 Å². The van der Waals surface area contributed by atoms with Gasteiger partial charge >= 0.3 is 0 Å². The highest BCUT2D eigenvalue weighted by atomic mass is 16.3. The van der Waals surface area contributed by atoms with Crippen LogP contribution in [0, 0.1) is 5.41 Å². The molecule has 0 spiro atoms. The van der Waals surface area contributed by atoms with E-state index < -0.39 is 0 Å². The molecule has 1 atom stereocenters. The van der Waals surface area contributed by atoms with Crippen LogP contribution in [0.25, 0.3) is 0 Å². The van der Waals surface area contributed by atoms with E-state index in [4.69, 9.17) is 5.73 Å². The highest BCUT2D eigenvalue weighted by molar-refractivity contribution is 4.84. The van der Waals surface area contributed by atoms with Gasteiger partial charge in [0.1, 0.15) is 0 Å². The predicted octanol–water partition coefficient (Wildman–Crippen LogP) is 1.52. The minimum absolute atomic E-state index is 0.0851. The molecule has 0 aliphatic rings. The van der Waals surface area contributed by atoms with Gasteiger partial charge in [-0.15, -0.1) is 0 Å². The van der Waals surface area contributed by atoms with E-state index in [1.807, 2.05) is 34.6 Å². The molecule has 2 nitrogen and oxygen atoms in total. The van der Waals surface area contributed by atoms with Crippen molar-refractivity contribution >= 4 is 0 Å². The van der Waals surface area contributed by atoms with Crippen LogP contribution in [-0.2, 0) is 0 Å². The normalized spacial score (nSPS) is 16.6. The van der Waals surface area contributed by atoms with Crippen molar-refractivity contribution in [1.82, 2.24) is 0 Å². The Morgan fingerprint density at radius 1 is 1.27 bits per heavy atom. The van der Waals surface area contributed by atoms with Gasteiger partial charge in [-0.25, -0.2) is 0 Å². The Morgan fingerprint density at radius 3 is 1.73 bits per heavy atom. The summed E-state index contributed by atoms with van der Waals surface area (Å²) in [7, 11) is 0. The molecule has 0 saturated heterocycles. The average Bonchev–Trinajstić information content (AvgIpc) is 1.56. The van der Waals surface area contributed by atoms with Crippen molar-refractivity contribution in [3.63, 3.8) is 0 Å². The summed E-state index contributed by atoms with van der Waals surface area (Å²) in [4.78, 5) is 0. The zero-order valence-corrected chi connectivity index (χ0v) is 8.31. The van der Waals surface area contributed by atoms with Gasteiger partial charge in [-0.1, -0.05) is 13.8 Å². The summed E-state index contributed by atoms with van der Waals surface area (Å²) < 4.78 is 0. The molecule has 0 amide bonds. The second-order valence-electron chi connectivity index (χ2n) is 4.83. The van der Waals surface area contributed by atoms with Gasteiger partial charge in [0.25, 0.3) is 0 Å². The van der Waals surface area contributed by atoms with E-state index in [0.29, 0.717) is 0 Å². The molecule has 0 aromatic carbocycles. The summed E-state index contributed by atoms with van der Waals surface area (Å²) >= 11 is 0. The quantitative estimate of drug-likeness (QED) is 0.656. The Morgan fingerprint density at radius 2 is 1.64 bits per heavy atom. The van der Waals surface area contributed by atoms with E-state index >= 15 is 0 Å². The summed E-state index contributed by atoms with van der Waals surface area (Å²) in [6.45, 7) is 9.85. The molecule has 0 bridgehead atoms. The van der Waals surface area contributed by atoms with Crippen molar-refractivity contribution in [2.45, 2.75) is 52.7 Å². The number of hydrogen-bond acceptors (Lipinski definition) is 2. The third-order valence-electron chi connectivity index (χ3n) is 2.04. The fourth-order valence-corrected chi connectivity index (χ4v) is 1.32. The van der Waals surface area contributed by atoms with Crippen LogP contribution >= 0.6 is 0 Å². The van der Waals surface area contributed by atoms with E-state index in [9.17, 15) is 5.11 Å². The summed E-state index contributed by atoms with van der Waals surface area (Å²) in [6.07, 6.45) is 0.530. The fourth-order valence-electron chi connectivity index (χ4n) is 1.32. The maximum Gasteiger partial charge on any atom is 0.0563 e. The van der Waals surface area contributed by atoms with Crippen LogP contribution < -0.4 is 5.73 Å². The van der Waals surface area contributed by atoms with Crippen molar-refractivity contribution in [2.75, 3.05) is 0 Å². The second-order valence-corrected chi connectivity index (χ2v) is 4.83. The molecule has 2 heteroatoms. The van der Waals surface area contributed by atoms with Gasteiger partial charge in [0, 0.05) is 5.54 Å². The molecule has 0 saturated carbocycles. The summed E-state index contributed by atoms with van der Waals surface area (Å²) in [6, 6.07) is 0. The Bertz CT molecular complexity index is 122. The second kappa shape index (κ2) is 3.11. The zero-order chi connectivity index (χ0) is 9.28. The lowest BCUT2D eigenvalue weighted by atomic mass is 9.77. The summed E-state index contributed by atoms with van der Waals surface area (Å²) in [5.41, 5.74) is 5.57. The zero-order valence-electron chi connectivity index (χ0n) is 8.31. The van der Waals surface area contributed by atoms with Gasteiger partial charge < -0.3 is 10.8 Å². The van der Waals surface area contributed by atoms with Gasteiger partial charge in [-0.05, 0) is 32.6 Å². The Hall–Kier alpha value is -0.0800. The minimum atomic E-state index is -0.301. The van der Waals surface area contributed by atoms with Gasteiger partial charge in [-0.3, -0.25) is 0 Å². The first-order chi connectivity index (χ1) is 4.65. The van der Waals surface area contributed by atoms with E-state index in [2.05, 4.69) is 0 Å². The van der Waals surface area contributed by atoms with E-state index in [-0.39, 0.29) is 17.1 Å². The smallest absolute Gasteiger partial charge is 0.0563 e. The average molecular weight is 159 g/mol. The van der Waals surface area contributed by atoms with E-state index in [0.717, 1.165) is 6.42 Å². The molecule has 0 heterocycles. The monoisotopic (exact) mass is 159 g/mol. The number of rotatable bonds is 3. The third-order valence-corrected chi connectivity index (χ3v) is 2.04. The van der Waals surface area contributed by atoms with E-state index in [1.165, 1.54) is 0 Å². The van der Waals surface area contributed by atoms with Gasteiger partial charge in [0.05, 0.1) is 6.10 Å². The van der Waals surface area contributed by atoms with E-state index in [1.54, 1.807) is 0 Å². The summed E-state index contributed by atoms with van der Waals surface area (Å²) in [5.74, 6) is 0. The largest absolute Gasteiger partial charge is 0.393 e. The molecule has 1 unspecified atom stereocenters. The van der Waals surface area contributed by atoms with Gasteiger partial charge in [-0.2, -0.15) is 0 Å². The lowest BCUT2D eigenvalue weighted by molar-refractivity contribution is 0.0458. The van der Waals surface area contributed by atoms with Crippen LogP contribution in [0.15, 0.2) is 0 Å². The standard InChI is InChI=1S/C9H21NO/c1-7(11)8(2,3)6-9(4,5)10/h7,11H,6,10H2,1-5H3. The number of aliphatic hydroxyl groups excluding tert-OH is 1. The molecule has 3 N–H and O–H groups in total. The lowest BCUT2D eigenvalue weighted by Gasteiger charge is -2.34. The highest BCUT2D eigenvalue weighted by Crippen LogP contribution is 2.29. The Labute approximate surface area is 69.8 Å². The molecular weight excluding hydrogens is 138 g/mol. The van der Waals surface area contributed by atoms with Crippen LogP contribution in [0.2, 0.25) is 0 Å². The molecule has 11 heavy (non-hydrogen) atoms. The van der Waals surface area contributed by atoms with Crippen molar-refractivity contribution < 1.29 is 5.11 Å². The molecule has 0 aromatic rings. The first kappa shape index (κ1) is 10.9.